The Bertz CT molecular complexity index is 283. The molecule has 0 fully saturated rings. The molecule has 1 aromatic rings. The lowest BCUT2D eigenvalue weighted by Gasteiger charge is -2.13. The number of benzene rings is 1. The van der Waals surface area contributed by atoms with Crippen molar-refractivity contribution in [3.05, 3.63) is 35.9 Å². The van der Waals surface area contributed by atoms with Crippen LogP contribution in [0.3, 0.4) is 0 Å². The predicted octanol–water partition coefficient (Wildman–Crippen LogP) is 1.07. The van der Waals surface area contributed by atoms with Gasteiger partial charge in [0.05, 0.1) is 0 Å². The Morgan fingerprint density at radius 3 is 2.43 bits per heavy atom. The smallest absolute Gasteiger partial charge is 0.293 e. The highest BCUT2D eigenvalue weighted by Crippen LogP contribution is 2.15. The van der Waals surface area contributed by atoms with Crippen molar-refractivity contribution in [3.8, 4) is 0 Å². The van der Waals surface area contributed by atoms with Gasteiger partial charge < -0.3 is 9.47 Å². The maximum atomic E-state index is 10.2. The van der Waals surface area contributed by atoms with Crippen LogP contribution in [0.25, 0.3) is 0 Å². The van der Waals surface area contributed by atoms with Crippen LogP contribution in [-0.2, 0) is 19.1 Å². The molecule has 4 heteroatoms. The fourth-order valence-corrected chi connectivity index (χ4v) is 1.08. The lowest BCUT2D eigenvalue weighted by molar-refractivity contribution is -0.143. The van der Waals surface area contributed by atoms with Crippen LogP contribution in [0, 0.1) is 0 Å². The third-order valence-electron chi connectivity index (χ3n) is 1.71. The Morgan fingerprint density at radius 2 is 1.86 bits per heavy atom. The first-order valence-corrected chi connectivity index (χ1v) is 4.07. The third-order valence-corrected chi connectivity index (χ3v) is 1.71. The zero-order valence-corrected chi connectivity index (χ0v) is 7.46. The van der Waals surface area contributed by atoms with E-state index in [2.05, 4.69) is 4.74 Å². The summed E-state index contributed by atoms with van der Waals surface area (Å²) >= 11 is 0. The summed E-state index contributed by atoms with van der Waals surface area (Å²) in [5, 5.41) is 0. The summed E-state index contributed by atoms with van der Waals surface area (Å²) in [6.45, 7) is 0.697. The molecule has 0 radical (unpaired) electrons. The van der Waals surface area contributed by atoms with Crippen molar-refractivity contribution in [2.45, 2.75) is 6.10 Å². The Hall–Kier alpha value is -1.84. The molecule has 0 saturated heterocycles. The number of ether oxygens (including phenoxy) is 2. The SMILES string of the molecule is O=COC[C@@H](OC=O)c1ccccc1. The van der Waals surface area contributed by atoms with Crippen molar-refractivity contribution in [2.24, 2.45) is 0 Å². The molecule has 0 unspecified atom stereocenters. The minimum absolute atomic E-state index is 0.0340. The summed E-state index contributed by atoms with van der Waals surface area (Å²) < 4.78 is 9.30. The van der Waals surface area contributed by atoms with Gasteiger partial charge in [0.1, 0.15) is 6.61 Å². The van der Waals surface area contributed by atoms with Crippen LogP contribution < -0.4 is 0 Å². The molecule has 14 heavy (non-hydrogen) atoms. The fourth-order valence-electron chi connectivity index (χ4n) is 1.08. The van der Waals surface area contributed by atoms with Gasteiger partial charge >= 0.3 is 0 Å². The van der Waals surface area contributed by atoms with Gasteiger partial charge in [0.15, 0.2) is 6.10 Å². The first-order chi connectivity index (χ1) is 6.88. The zero-order valence-electron chi connectivity index (χ0n) is 7.46. The second-order valence-corrected chi connectivity index (χ2v) is 2.56. The Balaban J connectivity index is 2.66. The van der Waals surface area contributed by atoms with Crippen molar-refractivity contribution in [1.82, 2.24) is 0 Å². The van der Waals surface area contributed by atoms with Crippen molar-refractivity contribution < 1.29 is 19.1 Å². The molecule has 0 aliphatic heterocycles. The van der Waals surface area contributed by atoms with Gasteiger partial charge in [-0.3, -0.25) is 9.59 Å². The van der Waals surface area contributed by atoms with E-state index in [1.165, 1.54) is 0 Å². The highest BCUT2D eigenvalue weighted by atomic mass is 16.6. The monoisotopic (exact) mass is 194 g/mol. The van der Waals surface area contributed by atoms with E-state index < -0.39 is 6.10 Å². The second kappa shape index (κ2) is 5.75. The van der Waals surface area contributed by atoms with Crippen LogP contribution in [0.5, 0.6) is 0 Å². The summed E-state index contributed by atoms with van der Waals surface area (Å²) in [7, 11) is 0. The lowest BCUT2D eigenvalue weighted by Crippen LogP contribution is -2.10. The molecule has 0 amide bonds. The first-order valence-electron chi connectivity index (χ1n) is 4.07. The molecule has 1 atom stereocenters. The summed E-state index contributed by atoms with van der Waals surface area (Å²) in [6, 6.07) is 9.07. The predicted molar refractivity (Wildman–Crippen MR) is 48.3 cm³/mol. The van der Waals surface area contributed by atoms with Gasteiger partial charge in [-0.25, -0.2) is 0 Å². The number of carbonyl (C=O) groups excluding carboxylic acids is 2. The number of carbonyl (C=O) groups is 2. The summed E-state index contributed by atoms with van der Waals surface area (Å²) in [6.07, 6.45) is -0.529. The average molecular weight is 194 g/mol. The van der Waals surface area contributed by atoms with Gasteiger partial charge in [0.2, 0.25) is 0 Å². The molecule has 74 valence electrons. The van der Waals surface area contributed by atoms with Crippen molar-refractivity contribution in [2.75, 3.05) is 6.61 Å². The van der Waals surface area contributed by atoms with Crippen LogP contribution in [-0.4, -0.2) is 19.6 Å². The van der Waals surface area contributed by atoms with Crippen LogP contribution in [0.4, 0.5) is 0 Å². The minimum Gasteiger partial charge on any atom is -0.464 e. The quantitative estimate of drug-likeness (QED) is 0.636. The maximum absolute atomic E-state index is 10.2. The van der Waals surface area contributed by atoms with Gasteiger partial charge in [0.25, 0.3) is 12.9 Å². The molecule has 0 aliphatic rings. The van der Waals surface area contributed by atoms with Gasteiger partial charge in [-0.15, -0.1) is 0 Å². The number of hydrogen-bond donors (Lipinski definition) is 0. The van der Waals surface area contributed by atoms with Gasteiger partial charge in [0, 0.05) is 0 Å². The van der Waals surface area contributed by atoms with E-state index in [9.17, 15) is 9.59 Å². The number of rotatable bonds is 6. The summed E-state index contributed by atoms with van der Waals surface area (Å²) in [5.41, 5.74) is 0.793. The highest BCUT2D eigenvalue weighted by Gasteiger charge is 2.11. The molecule has 1 rings (SSSR count). The first kappa shape index (κ1) is 10.2. The maximum Gasteiger partial charge on any atom is 0.293 e. The largest absolute Gasteiger partial charge is 0.464 e. The van der Waals surface area contributed by atoms with Crippen molar-refractivity contribution >= 4 is 12.9 Å². The van der Waals surface area contributed by atoms with Crippen LogP contribution in [0.1, 0.15) is 11.7 Å². The molecule has 4 nitrogen and oxygen atoms in total. The van der Waals surface area contributed by atoms with E-state index >= 15 is 0 Å². The molecule has 0 saturated carbocycles. The number of hydrogen-bond acceptors (Lipinski definition) is 4. The molecule has 0 spiro atoms. The summed E-state index contributed by atoms with van der Waals surface area (Å²) in [4.78, 5) is 20.2. The lowest BCUT2D eigenvalue weighted by atomic mass is 10.1. The molecule has 1 aromatic carbocycles. The zero-order chi connectivity index (χ0) is 10.2. The van der Waals surface area contributed by atoms with E-state index in [1.54, 1.807) is 12.1 Å². The van der Waals surface area contributed by atoms with Gasteiger partial charge in [-0.05, 0) is 5.56 Å². The van der Waals surface area contributed by atoms with Crippen LogP contribution >= 0.6 is 0 Å². The van der Waals surface area contributed by atoms with E-state index in [0.29, 0.717) is 12.9 Å². The Kier molecular flexibility index (Phi) is 4.20. The topological polar surface area (TPSA) is 52.6 Å². The van der Waals surface area contributed by atoms with Gasteiger partial charge in [-0.1, -0.05) is 30.3 Å². The molecular formula is C10H10O4. The summed E-state index contributed by atoms with van der Waals surface area (Å²) in [5.74, 6) is 0. The highest BCUT2D eigenvalue weighted by molar-refractivity contribution is 5.40. The average Bonchev–Trinajstić information content (AvgIpc) is 2.25. The molecule has 0 N–H and O–H groups in total. The normalized spacial score (nSPS) is 11.4. The van der Waals surface area contributed by atoms with E-state index in [4.69, 9.17) is 4.74 Å². The molecule has 0 bridgehead atoms. The van der Waals surface area contributed by atoms with Gasteiger partial charge in [-0.2, -0.15) is 0 Å². The van der Waals surface area contributed by atoms with Crippen molar-refractivity contribution in [1.29, 1.82) is 0 Å². The molecular weight excluding hydrogens is 184 g/mol. The third kappa shape index (κ3) is 2.90. The van der Waals surface area contributed by atoms with E-state index in [-0.39, 0.29) is 6.61 Å². The van der Waals surface area contributed by atoms with E-state index in [0.717, 1.165) is 5.56 Å². The Labute approximate surface area is 81.4 Å². The second-order valence-electron chi connectivity index (χ2n) is 2.56. The molecule has 0 aromatic heterocycles. The molecule has 0 aliphatic carbocycles. The molecule has 0 heterocycles. The standard InChI is InChI=1S/C10H10O4/c11-7-13-6-10(14-8-12)9-4-2-1-3-5-9/h1-5,7-8,10H,6H2/t10-/m1/s1. The van der Waals surface area contributed by atoms with Crippen LogP contribution in [0.15, 0.2) is 30.3 Å². The fraction of sp³-hybridized carbons (Fsp3) is 0.200. The van der Waals surface area contributed by atoms with Crippen LogP contribution in [0.2, 0.25) is 0 Å². The Morgan fingerprint density at radius 1 is 1.14 bits per heavy atom. The van der Waals surface area contributed by atoms with E-state index in [1.807, 2.05) is 18.2 Å². The van der Waals surface area contributed by atoms with Crippen molar-refractivity contribution in [3.63, 3.8) is 0 Å². The minimum atomic E-state index is -0.529.